The lowest BCUT2D eigenvalue weighted by Gasteiger charge is -2.18. The number of rotatable bonds is 9. The standard InChI is InChI=1S/C17H28N2O2S/c1-14(2)13-21-11-5-10-18-17(20)19(3)12-15-6-8-16(22-4)9-7-15/h6-9,14H,5,10-13H2,1-4H3,(H,18,20). The molecule has 0 radical (unpaired) electrons. The lowest BCUT2D eigenvalue weighted by molar-refractivity contribution is 0.108. The van der Waals surface area contributed by atoms with Gasteiger partial charge >= 0.3 is 6.03 Å². The number of nitrogens with one attached hydrogen (secondary N) is 1. The van der Waals surface area contributed by atoms with Crippen LogP contribution in [-0.4, -0.2) is 44.0 Å². The summed E-state index contributed by atoms with van der Waals surface area (Å²) in [6.07, 6.45) is 2.90. The molecule has 124 valence electrons. The van der Waals surface area contributed by atoms with Crippen LogP contribution >= 0.6 is 11.8 Å². The molecule has 4 nitrogen and oxygen atoms in total. The number of benzene rings is 1. The van der Waals surface area contributed by atoms with Gasteiger partial charge in [0, 0.05) is 38.2 Å². The third-order valence-corrected chi connectivity index (χ3v) is 3.86. The fraction of sp³-hybridized carbons (Fsp3) is 0.588. The second kappa shape index (κ2) is 10.5. The quantitative estimate of drug-likeness (QED) is 0.557. The Morgan fingerprint density at radius 2 is 2.00 bits per heavy atom. The molecule has 0 spiro atoms. The van der Waals surface area contributed by atoms with E-state index in [0.717, 1.165) is 18.6 Å². The monoisotopic (exact) mass is 324 g/mol. The molecule has 2 amide bonds. The molecule has 0 unspecified atom stereocenters. The van der Waals surface area contributed by atoms with E-state index in [1.165, 1.54) is 4.90 Å². The summed E-state index contributed by atoms with van der Waals surface area (Å²) in [5.74, 6) is 0.554. The SMILES string of the molecule is CSc1ccc(CN(C)C(=O)NCCCOCC(C)C)cc1. The van der Waals surface area contributed by atoms with Gasteiger partial charge in [0.15, 0.2) is 0 Å². The summed E-state index contributed by atoms with van der Waals surface area (Å²) in [7, 11) is 1.81. The average Bonchev–Trinajstić information content (AvgIpc) is 2.50. The Labute approximate surface area is 138 Å². The summed E-state index contributed by atoms with van der Waals surface area (Å²) in [4.78, 5) is 14.9. The Morgan fingerprint density at radius 1 is 1.32 bits per heavy atom. The van der Waals surface area contributed by atoms with E-state index in [1.54, 1.807) is 16.7 Å². The van der Waals surface area contributed by atoms with Gasteiger partial charge in [0.05, 0.1) is 0 Å². The first-order valence-corrected chi connectivity index (χ1v) is 8.95. The maximum Gasteiger partial charge on any atom is 0.317 e. The smallest absolute Gasteiger partial charge is 0.317 e. The van der Waals surface area contributed by atoms with E-state index in [1.807, 2.05) is 7.05 Å². The van der Waals surface area contributed by atoms with Crippen LogP contribution in [0.3, 0.4) is 0 Å². The highest BCUT2D eigenvalue weighted by Gasteiger charge is 2.08. The van der Waals surface area contributed by atoms with Crippen LogP contribution in [0.4, 0.5) is 4.79 Å². The van der Waals surface area contributed by atoms with Crippen molar-refractivity contribution in [1.82, 2.24) is 10.2 Å². The molecule has 0 aliphatic rings. The first kappa shape index (κ1) is 18.8. The van der Waals surface area contributed by atoms with E-state index in [9.17, 15) is 4.79 Å². The summed E-state index contributed by atoms with van der Waals surface area (Å²) < 4.78 is 5.49. The third kappa shape index (κ3) is 7.71. The van der Waals surface area contributed by atoms with Crippen LogP contribution < -0.4 is 5.32 Å². The minimum atomic E-state index is -0.0437. The van der Waals surface area contributed by atoms with Crippen LogP contribution in [0, 0.1) is 5.92 Å². The second-order valence-electron chi connectivity index (χ2n) is 5.76. The van der Waals surface area contributed by atoms with Gasteiger partial charge < -0.3 is 15.0 Å². The first-order chi connectivity index (χ1) is 10.5. The van der Waals surface area contributed by atoms with Crippen molar-refractivity contribution < 1.29 is 9.53 Å². The second-order valence-corrected chi connectivity index (χ2v) is 6.64. The van der Waals surface area contributed by atoms with Gasteiger partial charge in [-0.2, -0.15) is 0 Å². The van der Waals surface area contributed by atoms with Crippen LogP contribution in [0.25, 0.3) is 0 Å². The Hall–Kier alpha value is -1.20. The maximum atomic E-state index is 12.0. The van der Waals surface area contributed by atoms with Crippen LogP contribution in [-0.2, 0) is 11.3 Å². The molecule has 0 fully saturated rings. The van der Waals surface area contributed by atoms with E-state index in [0.29, 0.717) is 25.6 Å². The zero-order chi connectivity index (χ0) is 16.4. The number of hydrogen-bond donors (Lipinski definition) is 1. The highest BCUT2D eigenvalue weighted by molar-refractivity contribution is 7.98. The Kier molecular flexibility index (Phi) is 9.01. The summed E-state index contributed by atoms with van der Waals surface area (Å²) >= 11 is 1.72. The number of urea groups is 1. The highest BCUT2D eigenvalue weighted by Crippen LogP contribution is 2.15. The lowest BCUT2D eigenvalue weighted by Crippen LogP contribution is -2.37. The van der Waals surface area contributed by atoms with Gasteiger partial charge in [0.1, 0.15) is 0 Å². The predicted octanol–water partition coefficient (Wildman–Crippen LogP) is 3.61. The molecule has 1 aromatic carbocycles. The third-order valence-electron chi connectivity index (χ3n) is 3.12. The molecule has 1 aromatic rings. The Morgan fingerprint density at radius 3 is 2.59 bits per heavy atom. The number of amides is 2. The number of carbonyl (C=O) groups excluding carboxylic acids is 1. The summed E-state index contributed by atoms with van der Waals surface area (Å²) in [6.45, 7) is 6.99. The zero-order valence-corrected chi connectivity index (χ0v) is 14.9. The van der Waals surface area contributed by atoms with Gasteiger partial charge in [-0.25, -0.2) is 4.79 Å². The van der Waals surface area contributed by atoms with Gasteiger partial charge in [-0.15, -0.1) is 11.8 Å². The minimum absolute atomic E-state index is 0.0437. The molecule has 0 saturated carbocycles. The van der Waals surface area contributed by atoms with Crippen LogP contribution in [0.15, 0.2) is 29.2 Å². The summed E-state index contributed by atoms with van der Waals surface area (Å²) in [5, 5.41) is 2.92. The molecule has 0 heterocycles. The fourth-order valence-corrected chi connectivity index (χ4v) is 2.31. The Bertz CT molecular complexity index is 435. The maximum absolute atomic E-state index is 12.0. The number of nitrogens with zero attached hydrogens (tertiary/aromatic N) is 1. The molecular weight excluding hydrogens is 296 g/mol. The molecule has 0 aliphatic carbocycles. The van der Waals surface area contributed by atoms with E-state index >= 15 is 0 Å². The minimum Gasteiger partial charge on any atom is -0.381 e. The summed E-state index contributed by atoms with van der Waals surface area (Å²) in [5.41, 5.74) is 1.13. The molecule has 0 aliphatic heterocycles. The zero-order valence-electron chi connectivity index (χ0n) is 14.1. The lowest BCUT2D eigenvalue weighted by atomic mass is 10.2. The number of thioether (sulfide) groups is 1. The molecule has 0 aromatic heterocycles. The van der Waals surface area contributed by atoms with E-state index in [-0.39, 0.29) is 6.03 Å². The van der Waals surface area contributed by atoms with Crippen molar-refractivity contribution in [1.29, 1.82) is 0 Å². The average molecular weight is 324 g/mol. The van der Waals surface area contributed by atoms with Crippen molar-refractivity contribution in [3.8, 4) is 0 Å². The predicted molar refractivity (Wildman–Crippen MR) is 93.4 cm³/mol. The molecule has 0 bridgehead atoms. The van der Waals surface area contributed by atoms with Gasteiger partial charge in [-0.3, -0.25) is 0 Å². The van der Waals surface area contributed by atoms with Crippen LogP contribution in [0.2, 0.25) is 0 Å². The molecule has 22 heavy (non-hydrogen) atoms. The van der Waals surface area contributed by atoms with Crippen molar-refractivity contribution in [3.63, 3.8) is 0 Å². The van der Waals surface area contributed by atoms with E-state index in [2.05, 4.69) is 49.7 Å². The van der Waals surface area contributed by atoms with E-state index < -0.39 is 0 Å². The Balaban J connectivity index is 2.21. The topological polar surface area (TPSA) is 41.6 Å². The number of ether oxygens (including phenoxy) is 1. The van der Waals surface area contributed by atoms with Gasteiger partial charge in [-0.1, -0.05) is 26.0 Å². The normalized spacial score (nSPS) is 10.8. The molecule has 0 atom stereocenters. The molecular formula is C17H28N2O2S. The fourth-order valence-electron chi connectivity index (χ4n) is 1.90. The number of carbonyl (C=O) groups is 1. The van der Waals surface area contributed by atoms with Crippen molar-refractivity contribution in [3.05, 3.63) is 29.8 Å². The largest absolute Gasteiger partial charge is 0.381 e. The van der Waals surface area contributed by atoms with Crippen molar-refractivity contribution >= 4 is 17.8 Å². The van der Waals surface area contributed by atoms with Crippen molar-refractivity contribution in [2.45, 2.75) is 31.7 Å². The summed E-state index contributed by atoms with van der Waals surface area (Å²) in [6, 6.07) is 8.25. The van der Waals surface area contributed by atoms with Gasteiger partial charge in [0.2, 0.25) is 0 Å². The molecule has 5 heteroatoms. The van der Waals surface area contributed by atoms with Gasteiger partial charge in [0.25, 0.3) is 0 Å². The first-order valence-electron chi connectivity index (χ1n) is 7.72. The highest BCUT2D eigenvalue weighted by atomic mass is 32.2. The van der Waals surface area contributed by atoms with E-state index in [4.69, 9.17) is 4.74 Å². The molecule has 1 N–H and O–H groups in total. The van der Waals surface area contributed by atoms with Crippen molar-refractivity contribution in [2.24, 2.45) is 5.92 Å². The van der Waals surface area contributed by atoms with Crippen molar-refractivity contribution in [2.75, 3.05) is 33.1 Å². The van der Waals surface area contributed by atoms with Crippen LogP contribution in [0.1, 0.15) is 25.8 Å². The van der Waals surface area contributed by atoms with Gasteiger partial charge in [-0.05, 0) is 36.3 Å². The van der Waals surface area contributed by atoms with Crippen LogP contribution in [0.5, 0.6) is 0 Å². The molecule has 0 saturated heterocycles. The molecule has 1 rings (SSSR count). The number of hydrogen-bond acceptors (Lipinski definition) is 3.